The fraction of sp³-hybridized carbons (Fsp3) is 0.500. The van der Waals surface area contributed by atoms with Gasteiger partial charge in [-0.15, -0.1) is 0 Å². The number of benzene rings is 2. The first kappa shape index (κ1) is 22.6. The summed E-state index contributed by atoms with van der Waals surface area (Å²) in [6.07, 6.45) is 4.55. The maximum absolute atomic E-state index is 13.3. The zero-order valence-electron chi connectivity index (χ0n) is 19.2. The van der Waals surface area contributed by atoms with Crippen molar-refractivity contribution in [1.29, 1.82) is 0 Å². The van der Waals surface area contributed by atoms with Crippen LogP contribution in [-0.2, 0) is 11.3 Å². The van der Waals surface area contributed by atoms with Gasteiger partial charge >= 0.3 is 0 Å². The average molecular weight is 439 g/mol. The molecular weight excluding hydrogens is 404 g/mol. The molecule has 32 heavy (non-hydrogen) atoms. The number of carbonyl (C=O) groups excluding carboxylic acids is 1. The number of carbonyl (C=O) groups is 1. The molecule has 0 bridgehead atoms. The zero-order valence-corrected chi connectivity index (χ0v) is 19.2. The molecule has 2 aromatic carbocycles. The first-order valence-electron chi connectivity index (χ1n) is 11.6. The molecule has 0 spiro atoms. The van der Waals surface area contributed by atoms with Crippen molar-refractivity contribution in [3.8, 4) is 11.5 Å². The lowest BCUT2D eigenvalue weighted by Gasteiger charge is -2.38. The molecule has 0 radical (unpaired) electrons. The monoisotopic (exact) mass is 438 g/mol. The third kappa shape index (κ3) is 5.61. The van der Waals surface area contributed by atoms with E-state index >= 15 is 0 Å². The van der Waals surface area contributed by atoms with Gasteiger partial charge in [0.25, 0.3) is 5.91 Å². The van der Waals surface area contributed by atoms with E-state index in [4.69, 9.17) is 14.2 Å². The first-order valence-corrected chi connectivity index (χ1v) is 11.6. The number of methoxy groups -OCH3 is 2. The number of amides is 1. The molecule has 1 atom stereocenters. The minimum absolute atomic E-state index is 0.00418. The summed E-state index contributed by atoms with van der Waals surface area (Å²) in [5.41, 5.74) is 1.91. The van der Waals surface area contributed by atoms with Crippen molar-refractivity contribution in [1.82, 2.24) is 9.80 Å². The predicted octanol–water partition coefficient (Wildman–Crippen LogP) is 3.99. The van der Waals surface area contributed by atoms with E-state index in [2.05, 4.69) is 21.9 Å². The van der Waals surface area contributed by atoms with Gasteiger partial charge in [-0.2, -0.15) is 0 Å². The second kappa shape index (κ2) is 10.8. The van der Waals surface area contributed by atoms with Crippen LogP contribution in [0.5, 0.6) is 11.5 Å². The van der Waals surface area contributed by atoms with Crippen molar-refractivity contribution in [3.63, 3.8) is 0 Å². The van der Waals surface area contributed by atoms with Gasteiger partial charge in [0.05, 0.1) is 26.9 Å². The van der Waals surface area contributed by atoms with E-state index < -0.39 is 0 Å². The second-order valence-corrected chi connectivity index (χ2v) is 8.71. The number of ether oxygens (including phenoxy) is 3. The lowest BCUT2D eigenvalue weighted by Crippen LogP contribution is -2.50. The van der Waals surface area contributed by atoms with Crippen LogP contribution in [0.1, 0.15) is 41.6 Å². The normalized spacial score (nSPS) is 19.6. The molecular formula is C26H34N2O4. The molecule has 4 rings (SSSR count). The molecule has 1 aliphatic carbocycles. The Kier molecular flexibility index (Phi) is 7.66. The second-order valence-electron chi connectivity index (χ2n) is 8.71. The SMILES string of the molecule is COc1cc(CN2CCOC(CN(C(=O)c3ccccc3)C3CCCC3)C2)cc(OC)c1. The van der Waals surface area contributed by atoms with E-state index in [1.54, 1.807) is 14.2 Å². The van der Waals surface area contributed by atoms with Crippen molar-refractivity contribution in [3.05, 3.63) is 59.7 Å². The van der Waals surface area contributed by atoms with Gasteiger partial charge in [0.2, 0.25) is 0 Å². The fourth-order valence-electron chi connectivity index (χ4n) is 4.83. The topological polar surface area (TPSA) is 51.2 Å². The number of rotatable bonds is 8. The molecule has 6 nitrogen and oxygen atoms in total. The molecule has 1 amide bonds. The number of hydrogen-bond acceptors (Lipinski definition) is 5. The van der Waals surface area contributed by atoms with Gasteiger partial charge in [0, 0.05) is 43.9 Å². The van der Waals surface area contributed by atoms with Crippen molar-refractivity contribution in [2.45, 2.75) is 44.4 Å². The highest BCUT2D eigenvalue weighted by Gasteiger charge is 2.31. The van der Waals surface area contributed by atoms with Crippen LogP contribution in [0.4, 0.5) is 0 Å². The van der Waals surface area contributed by atoms with Crippen LogP contribution in [0, 0.1) is 0 Å². The lowest BCUT2D eigenvalue weighted by atomic mass is 10.1. The molecule has 0 N–H and O–H groups in total. The van der Waals surface area contributed by atoms with Crippen molar-refractivity contribution in [2.24, 2.45) is 0 Å². The highest BCUT2D eigenvalue weighted by atomic mass is 16.5. The molecule has 1 saturated carbocycles. The molecule has 1 saturated heterocycles. The minimum Gasteiger partial charge on any atom is -0.497 e. The molecule has 2 aliphatic rings. The quantitative estimate of drug-likeness (QED) is 0.624. The molecule has 2 aromatic rings. The van der Waals surface area contributed by atoms with E-state index in [1.165, 1.54) is 12.8 Å². The summed E-state index contributed by atoms with van der Waals surface area (Å²) in [7, 11) is 3.34. The molecule has 172 valence electrons. The molecule has 6 heteroatoms. The predicted molar refractivity (Wildman–Crippen MR) is 124 cm³/mol. The Morgan fingerprint density at radius 3 is 2.41 bits per heavy atom. The smallest absolute Gasteiger partial charge is 0.254 e. The molecule has 0 aromatic heterocycles. The van der Waals surface area contributed by atoms with Crippen molar-refractivity contribution < 1.29 is 19.0 Å². The zero-order chi connectivity index (χ0) is 22.3. The van der Waals surface area contributed by atoms with E-state index in [-0.39, 0.29) is 12.0 Å². The average Bonchev–Trinajstić information content (AvgIpc) is 3.37. The molecule has 2 fully saturated rings. The maximum atomic E-state index is 13.3. The van der Waals surface area contributed by atoms with Crippen LogP contribution in [0.25, 0.3) is 0 Å². The van der Waals surface area contributed by atoms with E-state index in [0.717, 1.165) is 55.1 Å². The Balaban J connectivity index is 1.44. The Labute approximate surface area is 191 Å². The largest absolute Gasteiger partial charge is 0.497 e. The molecule has 1 aliphatic heterocycles. The van der Waals surface area contributed by atoms with Crippen LogP contribution < -0.4 is 9.47 Å². The number of nitrogens with zero attached hydrogens (tertiary/aromatic N) is 2. The maximum Gasteiger partial charge on any atom is 0.254 e. The minimum atomic E-state index is 0.00418. The number of hydrogen-bond donors (Lipinski definition) is 0. The van der Waals surface area contributed by atoms with Gasteiger partial charge < -0.3 is 19.1 Å². The summed E-state index contributed by atoms with van der Waals surface area (Å²) in [6, 6.07) is 15.9. The fourth-order valence-corrected chi connectivity index (χ4v) is 4.83. The third-order valence-corrected chi connectivity index (χ3v) is 6.49. The summed E-state index contributed by atoms with van der Waals surface area (Å²) < 4.78 is 17.0. The first-order chi connectivity index (χ1) is 15.7. The van der Waals surface area contributed by atoms with Gasteiger partial charge in [-0.3, -0.25) is 9.69 Å². The molecule has 1 heterocycles. The van der Waals surface area contributed by atoms with Crippen molar-refractivity contribution in [2.75, 3.05) is 40.5 Å². The van der Waals surface area contributed by atoms with E-state index in [0.29, 0.717) is 19.2 Å². The van der Waals surface area contributed by atoms with E-state index in [1.807, 2.05) is 36.4 Å². The van der Waals surface area contributed by atoms with Crippen LogP contribution >= 0.6 is 0 Å². The summed E-state index contributed by atoms with van der Waals surface area (Å²) in [4.78, 5) is 17.8. The Morgan fingerprint density at radius 2 is 1.75 bits per heavy atom. The highest BCUT2D eigenvalue weighted by Crippen LogP contribution is 2.27. The summed E-state index contributed by atoms with van der Waals surface area (Å²) in [5.74, 6) is 1.71. The van der Waals surface area contributed by atoms with Crippen LogP contribution in [-0.4, -0.2) is 68.3 Å². The summed E-state index contributed by atoms with van der Waals surface area (Å²) in [5, 5.41) is 0. The van der Waals surface area contributed by atoms with Crippen molar-refractivity contribution >= 4 is 5.91 Å². The third-order valence-electron chi connectivity index (χ3n) is 6.49. The number of morpholine rings is 1. The standard InChI is InChI=1S/C26H34N2O4/c1-30-23-14-20(15-24(16-23)31-2)17-27-12-13-32-25(18-27)19-28(22-10-6-7-11-22)26(29)21-8-4-3-5-9-21/h3-5,8-9,14-16,22,25H,6-7,10-13,17-19H2,1-2H3. The van der Waals surface area contributed by atoms with Gasteiger partial charge in [0.1, 0.15) is 11.5 Å². The van der Waals surface area contributed by atoms with Gasteiger partial charge in [-0.1, -0.05) is 31.0 Å². The van der Waals surface area contributed by atoms with E-state index in [9.17, 15) is 4.79 Å². The lowest BCUT2D eigenvalue weighted by molar-refractivity contribution is -0.0468. The van der Waals surface area contributed by atoms with Crippen LogP contribution in [0.3, 0.4) is 0 Å². The Bertz CT molecular complexity index is 860. The van der Waals surface area contributed by atoms with Crippen LogP contribution in [0.15, 0.2) is 48.5 Å². The van der Waals surface area contributed by atoms with Crippen LogP contribution in [0.2, 0.25) is 0 Å². The Hall–Kier alpha value is -2.57. The Morgan fingerprint density at radius 1 is 1.06 bits per heavy atom. The van der Waals surface area contributed by atoms with Gasteiger partial charge in [0.15, 0.2) is 0 Å². The van der Waals surface area contributed by atoms with Gasteiger partial charge in [-0.25, -0.2) is 0 Å². The summed E-state index contributed by atoms with van der Waals surface area (Å²) >= 11 is 0. The van der Waals surface area contributed by atoms with Gasteiger partial charge in [-0.05, 0) is 42.7 Å². The highest BCUT2D eigenvalue weighted by molar-refractivity contribution is 5.94. The summed E-state index contributed by atoms with van der Waals surface area (Å²) in [6.45, 7) is 3.76. The molecule has 1 unspecified atom stereocenters.